The van der Waals surface area contributed by atoms with Crippen LogP contribution in [0.25, 0.3) is 0 Å². The summed E-state index contributed by atoms with van der Waals surface area (Å²) in [7, 11) is 0. The van der Waals surface area contributed by atoms with Gasteiger partial charge in [-0.1, -0.05) is 27.2 Å². The van der Waals surface area contributed by atoms with Gasteiger partial charge in [-0.15, -0.1) is 0 Å². The Balaban J connectivity index is 3.35. The topological polar surface area (TPSA) is 26.3 Å². The minimum atomic E-state index is -0.167. The number of rotatable bonds is 7. The molecule has 0 N–H and O–H groups in total. The maximum atomic E-state index is 10.5. The lowest BCUT2D eigenvalue weighted by Gasteiger charge is -2.15. The van der Waals surface area contributed by atoms with E-state index in [2.05, 4.69) is 20.8 Å². The minimum absolute atomic E-state index is 0.167. The van der Waals surface area contributed by atoms with E-state index in [-0.39, 0.29) is 5.97 Å². The summed E-state index contributed by atoms with van der Waals surface area (Å²) in [6, 6.07) is 0. The average Bonchev–Trinajstić information content (AvgIpc) is 2.12. The molecule has 0 amide bonds. The van der Waals surface area contributed by atoms with Crippen molar-refractivity contribution < 1.29 is 9.53 Å². The van der Waals surface area contributed by atoms with Crippen LogP contribution in [0.1, 0.15) is 53.4 Å². The van der Waals surface area contributed by atoms with Crippen molar-refractivity contribution in [2.75, 3.05) is 6.61 Å². The van der Waals surface area contributed by atoms with E-state index < -0.39 is 0 Å². The van der Waals surface area contributed by atoms with Gasteiger partial charge >= 0.3 is 5.97 Å². The molecule has 0 bridgehead atoms. The SMILES string of the molecule is CCC(C)CC(C)CCCOC(C)=O. The first-order valence-electron chi connectivity index (χ1n) is 5.69. The van der Waals surface area contributed by atoms with Crippen LogP contribution in [-0.4, -0.2) is 12.6 Å². The highest BCUT2D eigenvalue weighted by Crippen LogP contribution is 2.18. The molecule has 0 heterocycles. The third-order valence-corrected chi connectivity index (χ3v) is 2.65. The average molecular weight is 200 g/mol. The largest absolute Gasteiger partial charge is 0.466 e. The molecule has 0 aliphatic rings. The quantitative estimate of drug-likeness (QED) is 0.465. The maximum Gasteiger partial charge on any atom is 0.302 e. The summed E-state index contributed by atoms with van der Waals surface area (Å²) < 4.78 is 4.88. The van der Waals surface area contributed by atoms with Gasteiger partial charge in [-0.05, 0) is 31.1 Å². The Kier molecular flexibility index (Phi) is 7.54. The van der Waals surface area contributed by atoms with Gasteiger partial charge in [0, 0.05) is 6.92 Å². The molecule has 0 rings (SSSR count). The van der Waals surface area contributed by atoms with Crippen LogP contribution in [0.5, 0.6) is 0 Å². The van der Waals surface area contributed by atoms with E-state index in [0.29, 0.717) is 6.61 Å². The van der Waals surface area contributed by atoms with Gasteiger partial charge in [0.1, 0.15) is 0 Å². The number of carbonyl (C=O) groups is 1. The van der Waals surface area contributed by atoms with Crippen molar-refractivity contribution in [1.29, 1.82) is 0 Å². The van der Waals surface area contributed by atoms with Gasteiger partial charge in [0.05, 0.1) is 6.61 Å². The van der Waals surface area contributed by atoms with Crippen LogP contribution in [0.3, 0.4) is 0 Å². The van der Waals surface area contributed by atoms with Crippen LogP contribution < -0.4 is 0 Å². The summed E-state index contributed by atoms with van der Waals surface area (Å²) in [6.07, 6.45) is 4.71. The van der Waals surface area contributed by atoms with Gasteiger partial charge in [-0.2, -0.15) is 0 Å². The first-order chi connectivity index (χ1) is 6.56. The summed E-state index contributed by atoms with van der Waals surface area (Å²) in [6.45, 7) is 8.85. The molecular weight excluding hydrogens is 176 g/mol. The van der Waals surface area contributed by atoms with Crippen molar-refractivity contribution in [2.24, 2.45) is 11.8 Å². The molecule has 0 fully saturated rings. The van der Waals surface area contributed by atoms with Crippen molar-refractivity contribution in [2.45, 2.75) is 53.4 Å². The summed E-state index contributed by atoms with van der Waals surface area (Å²) in [5.74, 6) is 1.40. The second-order valence-corrected chi connectivity index (χ2v) is 4.34. The van der Waals surface area contributed by atoms with E-state index in [1.54, 1.807) is 0 Å². The zero-order chi connectivity index (χ0) is 11.0. The monoisotopic (exact) mass is 200 g/mol. The van der Waals surface area contributed by atoms with Crippen molar-refractivity contribution in [1.82, 2.24) is 0 Å². The molecule has 0 saturated carbocycles. The van der Waals surface area contributed by atoms with Gasteiger partial charge in [0.25, 0.3) is 0 Å². The predicted molar refractivity (Wildman–Crippen MR) is 59.1 cm³/mol. The molecule has 0 spiro atoms. The highest BCUT2D eigenvalue weighted by Gasteiger charge is 2.07. The normalized spacial score (nSPS) is 14.9. The molecule has 2 atom stereocenters. The zero-order valence-corrected chi connectivity index (χ0v) is 10.0. The van der Waals surface area contributed by atoms with Gasteiger partial charge in [-0.3, -0.25) is 4.79 Å². The lowest BCUT2D eigenvalue weighted by atomic mass is 9.92. The van der Waals surface area contributed by atoms with Crippen LogP contribution in [0.2, 0.25) is 0 Å². The van der Waals surface area contributed by atoms with Crippen LogP contribution in [0.4, 0.5) is 0 Å². The molecule has 2 heteroatoms. The van der Waals surface area contributed by atoms with E-state index in [4.69, 9.17) is 4.74 Å². The van der Waals surface area contributed by atoms with Crippen LogP contribution >= 0.6 is 0 Å². The second kappa shape index (κ2) is 7.84. The number of ether oxygens (including phenoxy) is 1. The van der Waals surface area contributed by atoms with Gasteiger partial charge in [0.2, 0.25) is 0 Å². The molecule has 0 radical (unpaired) electrons. The third-order valence-electron chi connectivity index (χ3n) is 2.65. The molecule has 14 heavy (non-hydrogen) atoms. The fourth-order valence-electron chi connectivity index (χ4n) is 1.62. The van der Waals surface area contributed by atoms with E-state index in [0.717, 1.165) is 24.7 Å². The van der Waals surface area contributed by atoms with Crippen LogP contribution in [0.15, 0.2) is 0 Å². The van der Waals surface area contributed by atoms with Crippen molar-refractivity contribution in [3.63, 3.8) is 0 Å². The molecule has 84 valence electrons. The van der Waals surface area contributed by atoms with Gasteiger partial charge in [0.15, 0.2) is 0 Å². The molecule has 0 aromatic rings. The van der Waals surface area contributed by atoms with Gasteiger partial charge < -0.3 is 4.74 Å². The number of hydrogen-bond acceptors (Lipinski definition) is 2. The highest BCUT2D eigenvalue weighted by molar-refractivity contribution is 5.65. The van der Waals surface area contributed by atoms with Crippen LogP contribution in [-0.2, 0) is 9.53 Å². The molecular formula is C12H24O2. The first kappa shape index (κ1) is 13.5. The Morgan fingerprint density at radius 1 is 1.29 bits per heavy atom. The lowest BCUT2D eigenvalue weighted by Crippen LogP contribution is -2.05. The second-order valence-electron chi connectivity index (χ2n) is 4.34. The molecule has 2 nitrogen and oxygen atoms in total. The molecule has 0 aromatic carbocycles. The fraction of sp³-hybridized carbons (Fsp3) is 0.917. The number of hydrogen-bond donors (Lipinski definition) is 0. The van der Waals surface area contributed by atoms with Crippen molar-refractivity contribution in [3.8, 4) is 0 Å². The molecule has 0 aliphatic heterocycles. The first-order valence-corrected chi connectivity index (χ1v) is 5.69. The number of carbonyl (C=O) groups excluding carboxylic acids is 1. The van der Waals surface area contributed by atoms with E-state index >= 15 is 0 Å². The third kappa shape index (κ3) is 8.09. The number of esters is 1. The van der Waals surface area contributed by atoms with Gasteiger partial charge in [-0.25, -0.2) is 0 Å². The highest BCUT2D eigenvalue weighted by atomic mass is 16.5. The van der Waals surface area contributed by atoms with Crippen molar-refractivity contribution >= 4 is 5.97 Å². The van der Waals surface area contributed by atoms with E-state index in [9.17, 15) is 4.79 Å². The summed E-state index contributed by atoms with van der Waals surface area (Å²) in [4.78, 5) is 10.5. The van der Waals surface area contributed by atoms with Crippen molar-refractivity contribution in [3.05, 3.63) is 0 Å². The van der Waals surface area contributed by atoms with Crippen LogP contribution in [0, 0.1) is 11.8 Å². The fourth-order valence-corrected chi connectivity index (χ4v) is 1.62. The standard InChI is InChI=1S/C12H24O2/c1-5-10(2)9-11(3)7-6-8-14-12(4)13/h10-11H,5-9H2,1-4H3. The summed E-state index contributed by atoms with van der Waals surface area (Å²) in [5, 5.41) is 0. The Hall–Kier alpha value is -0.530. The minimum Gasteiger partial charge on any atom is -0.466 e. The summed E-state index contributed by atoms with van der Waals surface area (Å²) >= 11 is 0. The predicted octanol–water partition coefficient (Wildman–Crippen LogP) is 3.40. The Labute approximate surface area is 88.0 Å². The maximum absolute atomic E-state index is 10.5. The summed E-state index contributed by atoms with van der Waals surface area (Å²) in [5.41, 5.74) is 0. The van der Waals surface area contributed by atoms with E-state index in [1.807, 2.05) is 0 Å². The molecule has 0 aromatic heterocycles. The molecule has 0 aliphatic carbocycles. The Morgan fingerprint density at radius 3 is 2.43 bits per heavy atom. The molecule has 2 unspecified atom stereocenters. The smallest absolute Gasteiger partial charge is 0.302 e. The lowest BCUT2D eigenvalue weighted by molar-refractivity contribution is -0.141. The Morgan fingerprint density at radius 2 is 1.93 bits per heavy atom. The molecule has 0 saturated heterocycles. The zero-order valence-electron chi connectivity index (χ0n) is 10.0. The Bertz CT molecular complexity index is 154. The van der Waals surface area contributed by atoms with E-state index in [1.165, 1.54) is 19.8 Å².